The van der Waals surface area contributed by atoms with E-state index in [9.17, 15) is 4.79 Å². The van der Waals surface area contributed by atoms with Crippen molar-refractivity contribution in [2.45, 2.75) is 18.6 Å². The van der Waals surface area contributed by atoms with E-state index in [2.05, 4.69) is 10.3 Å². The summed E-state index contributed by atoms with van der Waals surface area (Å²) < 4.78 is 10.5. The molecule has 2 aliphatic rings. The summed E-state index contributed by atoms with van der Waals surface area (Å²) in [7, 11) is 1.76. The lowest BCUT2D eigenvalue weighted by Crippen LogP contribution is -2.41. The number of amides is 1. The Bertz CT molecular complexity index is 427. The fraction of sp³-hybridized carbons (Fsp3) is 0.636. The number of nitrogens with zero attached hydrogens (tertiary/aromatic N) is 2. The minimum absolute atomic E-state index is 0.0403. The predicted octanol–water partition coefficient (Wildman–Crippen LogP) is -0.281. The molecule has 6 heteroatoms. The van der Waals surface area contributed by atoms with Crippen LogP contribution in [0.1, 0.15) is 17.5 Å². The highest BCUT2D eigenvalue weighted by molar-refractivity contribution is 5.83. The Hall–Kier alpha value is -1.40. The highest BCUT2D eigenvalue weighted by Crippen LogP contribution is 2.25. The lowest BCUT2D eigenvalue weighted by atomic mass is 10.1. The maximum Gasteiger partial charge on any atom is 0.247 e. The number of rotatable bonds is 3. The van der Waals surface area contributed by atoms with E-state index in [1.807, 2.05) is 4.90 Å². The number of carbonyl (C=O) groups excluding carboxylic acids is 1. The van der Waals surface area contributed by atoms with Gasteiger partial charge < -0.3 is 19.4 Å². The van der Waals surface area contributed by atoms with Crippen LogP contribution >= 0.6 is 0 Å². The summed E-state index contributed by atoms with van der Waals surface area (Å²) in [6, 6.07) is -0.422. The Labute approximate surface area is 98.9 Å². The van der Waals surface area contributed by atoms with Crippen molar-refractivity contribution in [2.75, 3.05) is 26.7 Å². The number of oxazole rings is 1. The average Bonchev–Trinajstić information content (AvgIpc) is 3.05. The van der Waals surface area contributed by atoms with Gasteiger partial charge in [-0.15, -0.1) is 0 Å². The SMILES string of the molecule is CNC1C(=O)N(CC2CO2)CCc2ncoc21. The summed E-state index contributed by atoms with van der Waals surface area (Å²) in [4.78, 5) is 18.3. The van der Waals surface area contributed by atoms with E-state index in [0.29, 0.717) is 18.8 Å². The van der Waals surface area contributed by atoms with Crippen molar-refractivity contribution in [1.29, 1.82) is 0 Å². The summed E-state index contributed by atoms with van der Waals surface area (Å²) in [5.74, 6) is 0.690. The van der Waals surface area contributed by atoms with Gasteiger partial charge >= 0.3 is 0 Å². The Morgan fingerprint density at radius 3 is 3.18 bits per heavy atom. The van der Waals surface area contributed by atoms with Crippen LogP contribution in [0.15, 0.2) is 10.8 Å². The van der Waals surface area contributed by atoms with Crippen LogP contribution in [0.25, 0.3) is 0 Å². The third-order valence-corrected chi connectivity index (χ3v) is 3.23. The molecular weight excluding hydrogens is 222 g/mol. The maximum atomic E-state index is 12.3. The van der Waals surface area contributed by atoms with Gasteiger partial charge in [0.1, 0.15) is 6.04 Å². The monoisotopic (exact) mass is 237 g/mol. The second-order valence-corrected chi connectivity index (χ2v) is 4.37. The van der Waals surface area contributed by atoms with Crippen LogP contribution in [0.2, 0.25) is 0 Å². The molecule has 3 rings (SSSR count). The van der Waals surface area contributed by atoms with Gasteiger partial charge in [-0.05, 0) is 7.05 Å². The van der Waals surface area contributed by atoms with E-state index in [-0.39, 0.29) is 12.0 Å². The normalized spacial score (nSPS) is 27.8. The number of epoxide rings is 1. The highest BCUT2D eigenvalue weighted by atomic mass is 16.6. The quantitative estimate of drug-likeness (QED) is 0.732. The first-order chi connectivity index (χ1) is 8.29. The van der Waals surface area contributed by atoms with Crippen molar-refractivity contribution < 1.29 is 13.9 Å². The highest BCUT2D eigenvalue weighted by Gasteiger charge is 2.36. The molecule has 3 heterocycles. The van der Waals surface area contributed by atoms with Gasteiger partial charge in [-0.2, -0.15) is 0 Å². The zero-order valence-corrected chi connectivity index (χ0v) is 9.68. The molecule has 6 nitrogen and oxygen atoms in total. The van der Waals surface area contributed by atoms with E-state index in [1.54, 1.807) is 7.05 Å². The number of carbonyl (C=O) groups is 1. The first-order valence-corrected chi connectivity index (χ1v) is 5.79. The van der Waals surface area contributed by atoms with Gasteiger partial charge in [0, 0.05) is 19.5 Å². The van der Waals surface area contributed by atoms with Crippen LogP contribution in [0.3, 0.4) is 0 Å². The van der Waals surface area contributed by atoms with Crippen LogP contribution in [0, 0.1) is 0 Å². The maximum absolute atomic E-state index is 12.3. The molecule has 2 unspecified atom stereocenters. The molecule has 1 aromatic heterocycles. The molecule has 2 aliphatic heterocycles. The summed E-state index contributed by atoms with van der Waals surface area (Å²) >= 11 is 0. The summed E-state index contributed by atoms with van der Waals surface area (Å²) in [6.07, 6.45) is 2.36. The molecule has 0 aliphatic carbocycles. The zero-order valence-electron chi connectivity index (χ0n) is 9.68. The number of fused-ring (bicyclic) bond motifs is 1. The standard InChI is InChI=1S/C11H15N3O3/c1-12-9-10-8(13-6-17-10)2-3-14(11(9)15)4-7-5-16-7/h6-7,9,12H,2-5H2,1H3. The summed E-state index contributed by atoms with van der Waals surface area (Å²) in [5, 5.41) is 2.99. The number of aromatic nitrogens is 1. The van der Waals surface area contributed by atoms with Crippen molar-refractivity contribution in [3.8, 4) is 0 Å². The molecule has 1 aromatic rings. The van der Waals surface area contributed by atoms with Crippen LogP contribution in [0.5, 0.6) is 0 Å². The van der Waals surface area contributed by atoms with E-state index >= 15 is 0 Å². The van der Waals surface area contributed by atoms with Crippen molar-refractivity contribution >= 4 is 5.91 Å². The lowest BCUT2D eigenvalue weighted by Gasteiger charge is -2.22. The molecule has 2 atom stereocenters. The number of hydrogen-bond acceptors (Lipinski definition) is 5. The fourth-order valence-electron chi connectivity index (χ4n) is 2.20. The Balaban J connectivity index is 1.84. The lowest BCUT2D eigenvalue weighted by molar-refractivity contribution is -0.133. The molecule has 17 heavy (non-hydrogen) atoms. The third-order valence-electron chi connectivity index (χ3n) is 3.23. The van der Waals surface area contributed by atoms with Crippen LogP contribution in [-0.2, 0) is 16.0 Å². The summed E-state index contributed by atoms with van der Waals surface area (Å²) in [5.41, 5.74) is 0.872. The Morgan fingerprint density at radius 2 is 2.47 bits per heavy atom. The molecule has 1 amide bonds. The number of hydrogen-bond donors (Lipinski definition) is 1. The Kier molecular flexibility index (Phi) is 2.60. The zero-order chi connectivity index (χ0) is 11.8. The third kappa shape index (κ3) is 1.94. The van der Waals surface area contributed by atoms with Gasteiger partial charge in [0.25, 0.3) is 0 Å². The number of likely N-dealkylation sites (N-methyl/N-ethyl adjacent to an activating group) is 1. The molecule has 1 fully saturated rings. The van der Waals surface area contributed by atoms with Crippen molar-refractivity contribution in [2.24, 2.45) is 0 Å². The molecule has 0 aromatic carbocycles. The summed E-state index contributed by atoms with van der Waals surface area (Å²) in [6.45, 7) is 2.10. The van der Waals surface area contributed by atoms with Gasteiger partial charge in [-0.3, -0.25) is 4.79 Å². The molecular formula is C11H15N3O3. The van der Waals surface area contributed by atoms with Crippen molar-refractivity contribution in [1.82, 2.24) is 15.2 Å². The van der Waals surface area contributed by atoms with E-state index in [1.165, 1.54) is 6.39 Å². The van der Waals surface area contributed by atoms with E-state index in [4.69, 9.17) is 9.15 Å². The first-order valence-electron chi connectivity index (χ1n) is 5.79. The van der Waals surface area contributed by atoms with Gasteiger partial charge in [0.05, 0.1) is 18.4 Å². The van der Waals surface area contributed by atoms with Gasteiger partial charge in [0.2, 0.25) is 5.91 Å². The Morgan fingerprint density at radius 1 is 1.65 bits per heavy atom. The molecule has 0 radical (unpaired) electrons. The number of nitrogens with one attached hydrogen (secondary N) is 1. The van der Waals surface area contributed by atoms with E-state index < -0.39 is 6.04 Å². The molecule has 0 saturated carbocycles. The molecule has 1 N–H and O–H groups in total. The average molecular weight is 237 g/mol. The topological polar surface area (TPSA) is 70.9 Å². The second kappa shape index (κ2) is 4.12. The van der Waals surface area contributed by atoms with Crippen LogP contribution in [0.4, 0.5) is 0 Å². The molecule has 92 valence electrons. The van der Waals surface area contributed by atoms with Crippen LogP contribution in [-0.4, -0.2) is 48.6 Å². The molecule has 0 bridgehead atoms. The van der Waals surface area contributed by atoms with Gasteiger partial charge in [-0.1, -0.05) is 0 Å². The van der Waals surface area contributed by atoms with Gasteiger partial charge in [-0.25, -0.2) is 4.98 Å². The van der Waals surface area contributed by atoms with Crippen LogP contribution < -0.4 is 5.32 Å². The van der Waals surface area contributed by atoms with E-state index in [0.717, 1.165) is 18.7 Å². The predicted molar refractivity (Wildman–Crippen MR) is 58.3 cm³/mol. The molecule has 0 spiro atoms. The van der Waals surface area contributed by atoms with Gasteiger partial charge in [0.15, 0.2) is 12.2 Å². The molecule has 1 saturated heterocycles. The largest absolute Gasteiger partial charge is 0.446 e. The van der Waals surface area contributed by atoms with Crippen molar-refractivity contribution in [3.05, 3.63) is 17.8 Å². The smallest absolute Gasteiger partial charge is 0.247 e. The first kappa shape index (κ1) is 10.7. The second-order valence-electron chi connectivity index (χ2n) is 4.37. The minimum atomic E-state index is -0.422. The minimum Gasteiger partial charge on any atom is -0.446 e. The number of ether oxygens (including phenoxy) is 1. The van der Waals surface area contributed by atoms with Crippen molar-refractivity contribution in [3.63, 3.8) is 0 Å². The fourth-order valence-corrected chi connectivity index (χ4v) is 2.20.